The van der Waals surface area contributed by atoms with Gasteiger partial charge in [0, 0.05) is 10.6 Å². The number of amides is 1. The maximum absolute atomic E-state index is 12.6. The smallest absolute Gasteiger partial charge is 0.266 e. The highest BCUT2D eigenvalue weighted by atomic mass is 35.5. The summed E-state index contributed by atoms with van der Waals surface area (Å²) in [5.41, 5.74) is 1.88. The van der Waals surface area contributed by atoms with Gasteiger partial charge in [0.15, 0.2) is 0 Å². The molecule has 0 saturated heterocycles. The number of carbonyl (C=O) groups is 1. The van der Waals surface area contributed by atoms with Crippen LogP contribution in [-0.4, -0.2) is 5.91 Å². The van der Waals surface area contributed by atoms with Crippen LogP contribution in [0.25, 0.3) is 6.08 Å². The predicted octanol–water partition coefficient (Wildman–Crippen LogP) is 6.12. The third kappa shape index (κ3) is 5.61. The second-order valence-corrected chi connectivity index (χ2v) is 6.90. The molecule has 0 saturated carbocycles. The third-order valence-electron chi connectivity index (χ3n) is 4.00. The normalized spacial score (nSPS) is 10.9. The van der Waals surface area contributed by atoms with E-state index >= 15 is 0 Å². The molecule has 0 bridgehead atoms. The number of benzene rings is 3. The molecule has 0 aromatic heterocycles. The van der Waals surface area contributed by atoms with Crippen molar-refractivity contribution in [2.75, 3.05) is 5.32 Å². The van der Waals surface area contributed by atoms with E-state index in [9.17, 15) is 10.1 Å². The Morgan fingerprint density at radius 1 is 1.03 bits per heavy atom. The molecule has 3 aromatic rings. The number of halogens is 2. The van der Waals surface area contributed by atoms with Crippen molar-refractivity contribution in [2.24, 2.45) is 0 Å². The first-order valence-electron chi connectivity index (χ1n) is 8.71. The van der Waals surface area contributed by atoms with Crippen molar-refractivity contribution < 1.29 is 9.53 Å². The van der Waals surface area contributed by atoms with Gasteiger partial charge >= 0.3 is 0 Å². The molecule has 3 aromatic carbocycles. The molecule has 4 nitrogen and oxygen atoms in total. The van der Waals surface area contributed by atoms with E-state index in [-0.39, 0.29) is 5.57 Å². The molecule has 3 rings (SSSR count). The summed E-state index contributed by atoms with van der Waals surface area (Å²) in [6.45, 7) is 0.373. The van der Waals surface area contributed by atoms with Crippen molar-refractivity contribution in [3.8, 4) is 11.8 Å². The van der Waals surface area contributed by atoms with E-state index in [4.69, 9.17) is 27.9 Å². The number of nitrogens with zero attached hydrogens (tertiary/aromatic N) is 1. The zero-order valence-electron chi connectivity index (χ0n) is 15.2. The van der Waals surface area contributed by atoms with E-state index in [2.05, 4.69) is 5.32 Å². The van der Waals surface area contributed by atoms with Crippen molar-refractivity contribution in [1.82, 2.24) is 0 Å². The number of carbonyl (C=O) groups excluding carboxylic acids is 1. The number of nitrogens with one attached hydrogen (secondary N) is 1. The zero-order valence-corrected chi connectivity index (χ0v) is 16.7. The van der Waals surface area contributed by atoms with E-state index in [1.807, 2.05) is 48.5 Å². The maximum Gasteiger partial charge on any atom is 0.266 e. The van der Waals surface area contributed by atoms with Crippen molar-refractivity contribution >= 4 is 40.9 Å². The van der Waals surface area contributed by atoms with Gasteiger partial charge in [-0.15, -0.1) is 0 Å². The Morgan fingerprint density at radius 2 is 1.76 bits per heavy atom. The fourth-order valence-corrected chi connectivity index (χ4v) is 2.89. The number of anilines is 1. The van der Waals surface area contributed by atoms with E-state index in [0.29, 0.717) is 33.7 Å². The van der Waals surface area contributed by atoms with Crippen LogP contribution in [0.15, 0.2) is 78.4 Å². The highest BCUT2D eigenvalue weighted by Crippen LogP contribution is 2.27. The molecular formula is C23H16Cl2N2O2. The highest BCUT2D eigenvalue weighted by molar-refractivity contribution is 6.36. The first kappa shape index (κ1) is 20.5. The fraction of sp³-hybridized carbons (Fsp3) is 0.0435. The first-order valence-corrected chi connectivity index (χ1v) is 9.46. The van der Waals surface area contributed by atoms with Crippen molar-refractivity contribution in [1.29, 1.82) is 5.26 Å². The Morgan fingerprint density at radius 3 is 2.52 bits per heavy atom. The highest BCUT2D eigenvalue weighted by Gasteiger charge is 2.13. The lowest BCUT2D eigenvalue weighted by atomic mass is 10.1. The summed E-state index contributed by atoms with van der Waals surface area (Å²) in [5.74, 6) is -0.0211. The van der Waals surface area contributed by atoms with Gasteiger partial charge in [-0.05, 0) is 35.9 Å². The topological polar surface area (TPSA) is 62.1 Å². The monoisotopic (exact) mass is 422 g/mol. The maximum atomic E-state index is 12.6. The molecule has 29 heavy (non-hydrogen) atoms. The summed E-state index contributed by atoms with van der Waals surface area (Å²) in [6, 6.07) is 23.5. The summed E-state index contributed by atoms with van der Waals surface area (Å²) >= 11 is 12.0. The Hall–Kier alpha value is -3.26. The molecule has 1 N–H and O–H groups in total. The fourth-order valence-electron chi connectivity index (χ4n) is 2.55. The quantitative estimate of drug-likeness (QED) is 0.384. The summed E-state index contributed by atoms with van der Waals surface area (Å²) in [4.78, 5) is 12.6. The number of rotatable bonds is 6. The molecule has 0 unspecified atom stereocenters. The lowest BCUT2D eigenvalue weighted by Crippen LogP contribution is -2.13. The lowest BCUT2D eigenvalue weighted by Gasteiger charge is -2.10. The van der Waals surface area contributed by atoms with Crippen molar-refractivity contribution in [2.45, 2.75) is 6.61 Å². The molecule has 0 radical (unpaired) electrons. The largest absolute Gasteiger partial charge is 0.488 e. The van der Waals surface area contributed by atoms with Crippen LogP contribution in [0.4, 0.5) is 5.69 Å². The van der Waals surface area contributed by atoms with Gasteiger partial charge in [-0.25, -0.2) is 0 Å². The number of ether oxygens (including phenoxy) is 1. The molecule has 6 heteroatoms. The van der Waals surface area contributed by atoms with Crippen LogP contribution in [0.2, 0.25) is 10.0 Å². The van der Waals surface area contributed by atoms with Crippen LogP contribution in [0.3, 0.4) is 0 Å². The van der Waals surface area contributed by atoms with Gasteiger partial charge in [-0.3, -0.25) is 4.79 Å². The van der Waals surface area contributed by atoms with Gasteiger partial charge in [0.2, 0.25) is 0 Å². The van der Waals surface area contributed by atoms with E-state index in [1.54, 1.807) is 24.3 Å². The molecule has 0 fully saturated rings. The van der Waals surface area contributed by atoms with Crippen LogP contribution in [0.5, 0.6) is 5.75 Å². The summed E-state index contributed by atoms with van der Waals surface area (Å²) in [6.07, 6.45) is 1.48. The Labute approximate surface area is 179 Å². The molecule has 0 aliphatic carbocycles. The molecule has 0 spiro atoms. The number of nitriles is 1. The molecular weight excluding hydrogens is 407 g/mol. The molecule has 1 amide bonds. The van der Waals surface area contributed by atoms with Gasteiger partial charge in [-0.1, -0.05) is 71.7 Å². The molecule has 0 atom stereocenters. The van der Waals surface area contributed by atoms with Gasteiger partial charge in [0.05, 0.1) is 10.7 Å². The Kier molecular flexibility index (Phi) is 6.91. The third-order valence-corrected chi connectivity index (χ3v) is 4.56. The second kappa shape index (κ2) is 9.79. The number of hydrogen-bond acceptors (Lipinski definition) is 3. The van der Waals surface area contributed by atoms with Gasteiger partial charge < -0.3 is 10.1 Å². The first-order chi connectivity index (χ1) is 14.1. The molecule has 0 aliphatic heterocycles. The predicted molar refractivity (Wildman–Crippen MR) is 116 cm³/mol. The summed E-state index contributed by atoms with van der Waals surface area (Å²) in [5, 5.41) is 12.8. The van der Waals surface area contributed by atoms with Crippen LogP contribution in [-0.2, 0) is 11.4 Å². The van der Waals surface area contributed by atoms with Gasteiger partial charge in [0.1, 0.15) is 24.0 Å². The number of para-hydroxylation sites is 1. The van der Waals surface area contributed by atoms with Crippen LogP contribution in [0, 0.1) is 11.3 Å². The minimum Gasteiger partial charge on any atom is -0.488 e. The number of hydrogen-bond donors (Lipinski definition) is 1. The average molecular weight is 423 g/mol. The lowest BCUT2D eigenvalue weighted by molar-refractivity contribution is -0.112. The molecule has 0 heterocycles. The minimum absolute atomic E-state index is 0.0863. The molecule has 0 aliphatic rings. The zero-order chi connectivity index (χ0) is 20.6. The van der Waals surface area contributed by atoms with Crippen LogP contribution >= 0.6 is 23.2 Å². The van der Waals surface area contributed by atoms with E-state index in [0.717, 1.165) is 5.56 Å². The van der Waals surface area contributed by atoms with E-state index in [1.165, 1.54) is 12.1 Å². The van der Waals surface area contributed by atoms with Gasteiger partial charge in [-0.2, -0.15) is 5.26 Å². The summed E-state index contributed by atoms with van der Waals surface area (Å²) in [7, 11) is 0. The SMILES string of the molecule is N#CC(=Cc1ccccc1OCc1ccccc1)C(=O)Nc1cc(Cl)ccc1Cl. The summed E-state index contributed by atoms with van der Waals surface area (Å²) < 4.78 is 5.88. The van der Waals surface area contributed by atoms with Gasteiger partial charge in [0.25, 0.3) is 5.91 Å². The Bertz CT molecular complexity index is 1090. The van der Waals surface area contributed by atoms with E-state index < -0.39 is 5.91 Å². The van der Waals surface area contributed by atoms with Crippen molar-refractivity contribution in [3.63, 3.8) is 0 Å². The van der Waals surface area contributed by atoms with Crippen LogP contribution < -0.4 is 10.1 Å². The van der Waals surface area contributed by atoms with Crippen LogP contribution in [0.1, 0.15) is 11.1 Å². The standard InChI is InChI=1S/C23H16Cl2N2O2/c24-19-10-11-20(25)21(13-19)27-23(28)18(14-26)12-17-8-4-5-9-22(17)29-15-16-6-2-1-3-7-16/h1-13H,15H2,(H,27,28). The molecule has 144 valence electrons. The Balaban J connectivity index is 1.81. The average Bonchev–Trinajstić information content (AvgIpc) is 2.74. The second-order valence-electron chi connectivity index (χ2n) is 6.06. The minimum atomic E-state index is -0.588. The van der Waals surface area contributed by atoms with Crippen molar-refractivity contribution in [3.05, 3.63) is 99.5 Å².